The molecular formula is C13H25N3O. The van der Waals surface area contributed by atoms with Crippen molar-refractivity contribution < 1.29 is 4.79 Å². The summed E-state index contributed by atoms with van der Waals surface area (Å²) >= 11 is 0. The van der Waals surface area contributed by atoms with Crippen LogP contribution in [-0.2, 0) is 4.79 Å². The number of amides is 1. The van der Waals surface area contributed by atoms with Crippen molar-refractivity contribution in [3.05, 3.63) is 0 Å². The van der Waals surface area contributed by atoms with Crippen LogP contribution in [0.1, 0.15) is 27.2 Å². The summed E-state index contributed by atoms with van der Waals surface area (Å²) in [6.07, 6.45) is 0.615. The normalized spacial score (nSPS) is 32.5. The SMILES string of the molecule is CC(C)(C)CC(=O)NCC1CN2CCN1CC2. The van der Waals surface area contributed by atoms with E-state index in [1.54, 1.807) is 0 Å². The summed E-state index contributed by atoms with van der Waals surface area (Å²) in [7, 11) is 0. The molecule has 3 fully saturated rings. The summed E-state index contributed by atoms with van der Waals surface area (Å²) in [4.78, 5) is 16.8. The predicted octanol–water partition coefficient (Wildman–Crippen LogP) is 0.539. The zero-order valence-corrected chi connectivity index (χ0v) is 11.3. The van der Waals surface area contributed by atoms with Crippen molar-refractivity contribution in [2.45, 2.75) is 33.2 Å². The Labute approximate surface area is 104 Å². The minimum absolute atomic E-state index is 0.0828. The maximum atomic E-state index is 11.8. The monoisotopic (exact) mass is 239 g/mol. The van der Waals surface area contributed by atoms with Crippen molar-refractivity contribution in [1.82, 2.24) is 15.1 Å². The van der Waals surface area contributed by atoms with Crippen molar-refractivity contribution in [2.24, 2.45) is 5.41 Å². The van der Waals surface area contributed by atoms with Gasteiger partial charge in [-0.05, 0) is 5.41 Å². The van der Waals surface area contributed by atoms with Crippen LogP contribution in [-0.4, -0.2) is 61.0 Å². The van der Waals surface area contributed by atoms with Crippen LogP contribution in [0.4, 0.5) is 0 Å². The zero-order valence-electron chi connectivity index (χ0n) is 11.3. The lowest BCUT2D eigenvalue weighted by atomic mass is 9.92. The van der Waals surface area contributed by atoms with Crippen LogP contribution in [0.25, 0.3) is 0 Å². The van der Waals surface area contributed by atoms with Crippen LogP contribution in [0.2, 0.25) is 0 Å². The van der Waals surface area contributed by atoms with Crippen LogP contribution in [0.5, 0.6) is 0 Å². The van der Waals surface area contributed by atoms with Crippen molar-refractivity contribution in [2.75, 3.05) is 39.3 Å². The summed E-state index contributed by atoms with van der Waals surface area (Å²) in [6.45, 7) is 13.0. The standard InChI is InChI=1S/C13H25N3O/c1-13(2,3)8-12(17)14-9-11-10-15-4-6-16(11)7-5-15/h11H,4-10H2,1-3H3,(H,14,17). The van der Waals surface area contributed by atoms with Gasteiger partial charge in [-0.1, -0.05) is 20.8 Å². The molecule has 0 spiro atoms. The Balaban J connectivity index is 1.73. The smallest absolute Gasteiger partial charge is 0.220 e. The summed E-state index contributed by atoms with van der Waals surface area (Å²) < 4.78 is 0. The summed E-state index contributed by atoms with van der Waals surface area (Å²) in [5.74, 6) is 0.190. The molecule has 4 nitrogen and oxygen atoms in total. The van der Waals surface area contributed by atoms with Crippen LogP contribution in [0.3, 0.4) is 0 Å². The van der Waals surface area contributed by atoms with Gasteiger partial charge in [-0.25, -0.2) is 0 Å². The maximum absolute atomic E-state index is 11.8. The first-order chi connectivity index (χ1) is 7.94. The fourth-order valence-corrected chi connectivity index (χ4v) is 2.69. The van der Waals surface area contributed by atoms with E-state index in [0.29, 0.717) is 12.5 Å². The molecule has 1 atom stereocenters. The lowest BCUT2D eigenvalue weighted by Gasteiger charge is -2.47. The molecule has 3 rings (SSSR count). The molecule has 0 aliphatic carbocycles. The fourth-order valence-electron chi connectivity index (χ4n) is 2.69. The number of hydrogen-bond acceptors (Lipinski definition) is 3. The molecule has 1 amide bonds. The highest BCUT2D eigenvalue weighted by Gasteiger charge is 2.31. The molecule has 98 valence electrons. The van der Waals surface area contributed by atoms with Crippen LogP contribution < -0.4 is 5.32 Å². The Morgan fingerprint density at radius 2 is 1.88 bits per heavy atom. The minimum atomic E-state index is 0.0828. The molecule has 2 bridgehead atoms. The number of carbonyl (C=O) groups is 1. The van der Waals surface area contributed by atoms with Gasteiger partial charge in [0, 0.05) is 51.7 Å². The number of rotatable bonds is 3. The second kappa shape index (κ2) is 4.94. The van der Waals surface area contributed by atoms with Crippen LogP contribution >= 0.6 is 0 Å². The average molecular weight is 239 g/mol. The Bertz CT molecular complexity index is 277. The topological polar surface area (TPSA) is 35.6 Å². The summed E-state index contributed by atoms with van der Waals surface area (Å²) in [6, 6.07) is 0.529. The highest BCUT2D eigenvalue weighted by atomic mass is 16.1. The molecular weight excluding hydrogens is 214 g/mol. The number of nitrogens with one attached hydrogen (secondary N) is 1. The number of carbonyl (C=O) groups excluding carboxylic acids is 1. The highest BCUT2D eigenvalue weighted by molar-refractivity contribution is 5.76. The van der Waals surface area contributed by atoms with Crippen molar-refractivity contribution in [3.8, 4) is 0 Å². The third-order valence-electron chi connectivity index (χ3n) is 3.62. The molecule has 1 N–H and O–H groups in total. The molecule has 1 unspecified atom stereocenters. The molecule has 3 heterocycles. The molecule has 3 saturated heterocycles. The van der Waals surface area contributed by atoms with E-state index < -0.39 is 0 Å². The lowest BCUT2D eigenvalue weighted by molar-refractivity contribution is -0.123. The molecule has 0 aromatic rings. The first-order valence-electron chi connectivity index (χ1n) is 6.67. The first kappa shape index (κ1) is 12.8. The Hall–Kier alpha value is -0.610. The Kier molecular flexibility index (Phi) is 3.73. The highest BCUT2D eigenvalue weighted by Crippen LogP contribution is 2.18. The van der Waals surface area contributed by atoms with Gasteiger partial charge in [-0.2, -0.15) is 0 Å². The third-order valence-corrected chi connectivity index (χ3v) is 3.62. The van der Waals surface area contributed by atoms with E-state index >= 15 is 0 Å². The van der Waals surface area contributed by atoms with Crippen molar-refractivity contribution in [3.63, 3.8) is 0 Å². The fraction of sp³-hybridized carbons (Fsp3) is 0.923. The minimum Gasteiger partial charge on any atom is -0.354 e. The Morgan fingerprint density at radius 3 is 2.35 bits per heavy atom. The molecule has 0 aromatic heterocycles. The first-order valence-corrected chi connectivity index (χ1v) is 6.67. The van der Waals surface area contributed by atoms with Gasteiger partial charge >= 0.3 is 0 Å². The number of hydrogen-bond donors (Lipinski definition) is 1. The van der Waals surface area contributed by atoms with Gasteiger partial charge in [0.05, 0.1) is 0 Å². The predicted molar refractivity (Wildman–Crippen MR) is 68.9 cm³/mol. The zero-order chi connectivity index (χ0) is 12.5. The second-order valence-electron chi connectivity index (χ2n) is 6.53. The quantitative estimate of drug-likeness (QED) is 0.781. The molecule has 4 heteroatoms. The molecule has 3 aliphatic rings. The second-order valence-corrected chi connectivity index (χ2v) is 6.53. The van der Waals surface area contributed by atoms with Gasteiger partial charge in [0.2, 0.25) is 5.91 Å². The van der Waals surface area contributed by atoms with E-state index in [2.05, 4.69) is 35.9 Å². The third kappa shape index (κ3) is 3.68. The van der Waals surface area contributed by atoms with Crippen LogP contribution in [0.15, 0.2) is 0 Å². The van der Waals surface area contributed by atoms with E-state index in [4.69, 9.17) is 0 Å². The number of piperazine rings is 3. The van der Waals surface area contributed by atoms with Gasteiger partial charge in [-0.15, -0.1) is 0 Å². The van der Waals surface area contributed by atoms with Crippen LogP contribution in [0, 0.1) is 5.41 Å². The average Bonchev–Trinajstić information content (AvgIpc) is 2.26. The molecule has 0 radical (unpaired) electrons. The van der Waals surface area contributed by atoms with Gasteiger partial charge in [0.15, 0.2) is 0 Å². The molecule has 0 saturated carbocycles. The van der Waals surface area contributed by atoms with Gasteiger partial charge < -0.3 is 5.32 Å². The number of nitrogens with zero attached hydrogens (tertiary/aromatic N) is 2. The van der Waals surface area contributed by atoms with Crippen molar-refractivity contribution in [1.29, 1.82) is 0 Å². The number of fused-ring (bicyclic) bond motifs is 3. The van der Waals surface area contributed by atoms with Gasteiger partial charge in [0.1, 0.15) is 0 Å². The van der Waals surface area contributed by atoms with E-state index in [1.165, 1.54) is 26.2 Å². The molecule has 3 aliphatic heterocycles. The van der Waals surface area contributed by atoms with Gasteiger partial charge in [0.25, 0.3) is 0 Å². The molecule has 0 aromatic carbocycles. The lowest BCUT2D eigenvalue weighted by Crippen LogP contribution is -2.63. The summed E-state index contributed by atoms with van der Waals surface area (Å²) in [5.41, 5.74) is 0.0828. The van der Waals surface area contributed by atoms with Gasteiger partial charge in [-0.3, -0.25) is 14.6 Å². The summed E-state index contributed by atoms with van der Waals surface area (Å²) in [5, 5.41) is 3.09. The van der Waals surface area contributed by atoms with Crippen molar-refractivity contribution >= 4 is 5.91 Å². The van der Waals surface area contributed by atoms with E-state index in [9.17, 15) is 4.79 Å². The Morgan fingerprint density at radius 1 is 1.24 bits per heavy atom. The maximum Gasteiger partial charge on any atom is 0.220 e. The van der Waals surface area contributed by atoms with E-state index in [1.807, 2.05) is 0 Å². The largest absolute Gasteiger partial charge is 0.354 e. The van der Waals surface area contributed by atoms with E-state index in [0.717, 1.165) is 13.1 Å². The molecule has 17 heavy (non-hydrogen) atoms. The van der Waals surface area contributed by atoms with E-state index in [-0.39, 0.29) is 11.3 Å².